The van der Waals surface area contributed by atoms with E-state index in [4.69, 9.17) is 4.74 Å². The molecule has 1 nitrogen and oxygen atoms in total. The van der Waals surface area contributed by atoms with Crippen molar-refractivity contribution in [1.29, 1.82) is 0 Å². The molecule has 118 valence electrons. The predicted octanol–water partition coefficient (Wildman–Crippen LogP) is 6.19. The van der Waals surface area contributed by atoms with Crippen LogP contribution in [0.25, 0.3) is 6.08 Å². The summed E-state index contributed by atoms with van der Waals surface area (Å²) in [7, 11) is 1.75. The molecule has 1 rings (SSSR count). The normalized spacial score (nSPS) is 12.8. The maximum atomic E-state index is 5.45. The first-order chi connectivity index (χ1) is 10.2. The zero-order chi connectivity index (χ0) is 15.7. The van der Waals surface area contributed by atoms with E-state index in [0.717, 1.165) is 11.7 Å². The zero-order valence-corrected chi connectivity index (χ0v) is 14.5. The number of benzene rings is 1. The molecule has 0 saturated carbocycles. The Bertz CT molecular complexity index is 445. The van der Waals surface area contributed by atoms with Crippen LogP contribution in [0.2, 0.25) is 0 Å². The van der Waals surface area contributed by atoms with Crippen LogP contribution in [0, 0.1) is 12.8 Å². The minimum atomic E-state index is 0.866. The summed E-state index contributed by atoms with van der Waals surface area (Å²) < 4.78 is 5.45. The van der Waals surface area contributed by atoms with Crippen molar-refractivity contribution >= 4 is 6.08 Å². The molecule has 21 heavy (non-hydrogen) atoms. The van der Waals surface area contributed by atoms with Crippen molar-refractivity contribution in [3.63, 3.8) is 0 Å². The molecule has 0 aromatic heterocycles. The van der Waals surface area contributed by atoms with Crippen LogP contribution in [0.5, 0.6) is 5.75 Å². The molecule has 0 spiro atoms. The highest BCUT2D eigenvalue weighted by Gasteiger charge is 2.10. The standard InChI is InChI=1S/C20H32O/c1-6-9-11-17(8-3)12-13-19-14-16(4)20(21-5)15-18(19)10-7-2/h7,10,14-15,17H,6,8-9,11-13H2,1-5H3/b10-7+. The van der Waals surface area contributed by atoms with Gasteiger partial charge in [0.25, 0.3) is 0 Å². The first-order valence-electron chi connectivity index (χ1n) is 8.46. The molecule has 0 heterocycles. The Hall–Kier alpha value is -1.24. The van der Waals surface area contributed by atoms with E-state index in [9.17, 15) is 0 Å². The molecule has 0 bridgehead atoms. The van der Waals surface area contributed by atoms with E-state index in [-0.39, 0.29) is 0 Å². The molecular weight excluding hydrogens is 256 g/mol. The molecular formula is C20H32O. The number of unbranched alkanes of at least 4 members (excludes halogenated alkanes) is 1. The van der Waals surface area contributed by atoms with Gasteiger partial charge >= 0.3 is 0 Å². The molecule has 0 aliphatic carbocycles. The van der Waals surface area contributed by atoms with Gasteiger partial charge in [0, 0.05) is 0 Å². The van der Waals surface area contributed by atoms with Crippen LogP contribution in [-0.4, -0.2) is 7.11 Å². The number of rotatable bonds is 9. The van der Waals surface area contributed by atoms with Crippen LogP contribution in [0.1, 0.15) is 69.6 Å². The van der Waals surface area contributed by atoms with Gasteiger partial charge < -0.3 is 4.74 Å². The number of aryl methyl sites for hydroxylation is 2. The number of hydrogen-bond acceptors (Lipinski definition) is 1. The second kappa shape index (κ2) is 9.65. The van der Waals surface area contributed by atoms with E-state index in [0.29, 0.717) is 0 Å². The van der Waals surface area contributed by atoms with Crippen molar-refractivity contribution < 1.29 is 4.74 Å². The van der Waals surface area contributed by atoms with Crippen LogP contribution >= 0.6 is 0 Å². The Morgan fingerprint density at radius 1 is 1.19 bits per heavy atom. The monoisotopic (exact) mass is 288 g/mol. The Morgan fingerprint density at radius 2 is 1.95 bits per heavy atom. The Balaban J connectivity index is 2.83. The molecule has 1 aromatic carbocycles. The van der Waals surface area contributed by atoms with E-state index >= 15 is 0 Å². The van der Waals surface area contributed by atoms with Gasteiger partial charge in [-0.2, -0.15) is 0 Å². The van der Waals surface area contributed by atoms with Crippen molar-refractivity contribution in [3.05, 3.63) is 34.9 Å². The minimum absolute atomic E-state index is 0.866. The molecule has 0 saturated heterocycles. The van der Waals surface area contributed by atoms with Crippen molar-refractivity contribution in [2.24, 2.45) is 5.92 Å². The fourth-order valence-corrected chi connectivity index (χ4v) is 2.94. The minimum Gasteiger partial charge on any atom is -0.496 e. The van der Waals surface area contributed by atoms with Gasteiger partial charge in [-0.25, -0.2) is 0 Å². The fraction of sp³-hybridized carbons (Fsp3) is 0.600. The summed E-state index contributed by atoms with van der Waals surface area (Å²) in [6.07, 6.45) is 12.1. The van der Waals surface area contributed by atoms with Gasteiger partial charge in [-0.1, -0.05) is 57.7 Å². The molecule has 1 aromatic rings. The second-order valence-electron chi connectivity index (χ2n) is 5.98. The Morgan fingerprint density at radius 3 is 2.52 bits per heavy atom. The SMILES string of the molecule is C/C=C/c1cc(OC)c(C)cc1CCC(CC)CCCC. The van der Waals surface area contributed by atoms with Crippen molar-refractivity contribution in [3.8, 4) is 5.75 Å². The van der Waals surface area contributed by atoms with Gasteiger partial charge in [0.15, 0.2) is 0 Å². The molecule has 0 N–H and O–H groups in total. The maximum Gasteiger partial charge on any atom is 0.122 e. The first-order valence-corrected chi connectivity index (χ1v) is 8.46. The van der Waals surface area contributed by atoms with E-state index in [1.54, 1.807) is 7.11 Å². The summed E-state index contributed by atoms with van der Waals surface area (Å²) in [6, 6.07) is 4.48. The van der Waals surface area contributed by atoms with Gasteiger partial charge in [-0.15, -0.1) is 0 Å². The van der Waals surface area contributed by atoms with E-state index in [2.05, 4.69) is 52.0 Å². The second-order valence-corrected chi connectivity index (χ2v) is 5.98. The average molecular weight is 288 g/mol. The van der Waals surface area contributed by atoms with Crippen LogP contribution < -0.4 is 4.74 Å². The molecule has 1 heteroatoms. The largest absolute Gasteiger partial charge is 0.496 e. The highest BCUT2D eigenvalue weighted by atomic mass is 16.5. The van der Waals surface area contributed by atoms with Crippen molar-refractivity contribution in [2.75, 3.05) is 7.11 Å². The zero-order valence-electron chi connectivity index (χ0n) is 14.5. The van der Waals surface area contributed by atoms with Crippen LogP contribution in [0.3, 0.4) is 0 Å². The molecule has 0 amide bonds. The lowest BCUT2D eigenvalue weighted by Gasteiger charge is -2.16. The summed E-state index contributed by atoms with van der Waals surface area (Å²) >= 11 is 0. The molecule has 0 fully saturated rings. The number of ether oxygens (including phenoxy) is 1. The smallest absolute Gasteiger partial charge is 0.122 e. The molecule has 0 aliphatic rings. The highest BCUT2D eigenvalue weighted by molar-refractivity contribution is 5.58. The quantitative estimate of drug-likeness (QED) is 0.526. The highest BCUT2D eigenvalue weighted by Crippen LogP contribution is 2.27. The number of methoxy groups -OCH3 is 1. The average Bonchev–Trinajstić information content (AvgIpc) is 2.49. The first kappa shape index (κ1) is 17.8. The van der Waals surface area contributed by atoms with Crippen molar-refractivity contribution in [2.45, 2.75) is 66.2 Å². The van der Waals surface area contributed by atoms with E-state index < -0.39 is 0 Å². The molecule has 1 unspecified atom stereocenters. The van der Waals surface area contributed by atoms with E-state index in [1.807, 2.05) is 0 Å². The lowest BCUT2D eigenvalue weighted by molar-refractivity contribution is 0.410. The summed E-state index contributed by atoms with van der Waals surface area (Å²) in [5.74, 6) is 1.86. The van der Waals surface area contributed by atoms with Gasteiger partial charge in [0.1, 0.15) is 5.75 Å². The summed E-state index contributed by atoms with van der Waals surface area (Å²) in [6.45, 7) is 8.82. The van der Waals surface area contributed by atoms with Gasteiger partial charge in [0.2, 0.25) is 0 Å². The van der Waals surface area contributed by atoms with Crippen molar-refractivity contribution in [1.82, 2.24) is 0 Å². The van der Waals surface area contributed by atoms with Crippen LogP contribution in [-0.2, 0) is 6.42 Å². The van der Waals surface area contributed by atoms with E-state index in [1.165, 1.54) is 55.2 Å². The Labute approximate surface area is 131 Å². The van der Waals surface area contributed by atoms with Gasteiger partial charge in [0.05, 0.1) is 7.11 Å². The molecule has 0 radical (unpaired) electrons. The van der Waals surface area contributed by atoms with Gasteiger partial charge in [-0.3, -0.25) is 0 Å². The molecule has 1 atom stereocenters. The maximum absolute atomic E-state index is 5.45. The summed E-state index contributed by atoms with van der Waals surface area (Å²) in [4.78, 5) is 0. The van der Waals surface area contributed by atoms with Crippen LogP contribution in [0.4, 0.5) is 0 Å². The van der Waals surface area contributed by atoms with Crippen LogP contribution in [0.15, 0.2) is 18.2 Å². The number of hydrogen-bond donors (Lipinski definition) is 0. The molecule has 0 aliphatic heterocycles. The summed E-state index contributed by atoms with van der Waals surface area (Å²) in [5.41, 5.74) is 4.01. The number of allylic oxidation sites excluding steroid dienone is 1. The third-order valence-electron chi connectivity index (χ3n) is 4.37. The third-order valence-corrected chi connectivity index (χ3v) is 4.37. The lowest BCUT2D eigenvalue weighted by atomic mass is 9.90. The predicted molar refractivity (Wildman–Crippen MR) is 94.1 cm³/mol. The lowest BCUT2D eigenvalue weighted by Crippen LogP contribution is -2.03. The topological polar surface area (TPSA) is 9.23 Å². The third kappa shape index (κ3) is 5.57. The van der Waals surface area contributed by atoms with Gasteiger partial charge in [-0.05, 0) is 55.4 Å². The Kier molecular flexibility index (Phi) is 8.19. The summed E-state index contributed by atoms with van der Waals surface area (Å²) in [5, 5.41) is 0. The fourth-order valence-electron chi connectivity index (χ4n) is 2.94.